The van der Waals surface area contributed by atoms with E-state index in [1.165, 1.54) is 0 Å². The molecule has 2 atom stereocenters. The zero-order valence-electron chi connectivity index (χ0n) is 9.77. The van der Waals surface area contributed by atoms with Crippen molar-refractivity contribution in [1.29, 1.82) is 0 Å². The van der Waals surface area contributed by atoms with Crippen molar-refractivity contribution in [2.24, 2.45) is 0 Å². The predicted molar refractivity (Wildman–Crippen MR) is 67.5 cm³/mol. The number of carboxylic acids is 1. The maximum Gasteiger partial charge on any atom is 0.321 e. The number of rotatable bonds is 3. The molecule has 1 aromatic carbocycles. The fourth-order valence-electron chi connectivity index (χ4n) is 1.81. The Hall–Kier alpha value is -1.20. The molecular weight excluding hydrogens is 238 g/mol. The number of nitrogens with one attached hydrogen (secondary N) is 1. The van der Waals surface area contributed by atoms with Crippen LogP contribution in [-0.4, -0.2) is 30.0 Å². The molecule has 1 aromatic rings. The smallest absolute Gasteiger partial charge is 0.321 e. The predicted octanol–water partition coefficient (Wildman–Crippen LogP) is 1.79. The Balaban J connectivity index is 2.16. The van der Waals surface area contributed by atoms with Crippen LogP contribution in [0.25, 0.3) is 0 Å². The normalized spacial score (nSPS) is 23.6. The van der Waals surface area contributed by atoms with Crippen LogP contribution >= 0.6 is 11.8 Å². The lowest BCUT2D eigenvalue weighted by atomic mass is 10.1. The average Bonchev–Trinajstić information content (AvgIpc) is 2.79. The monoisotopic (exact) mass is 253 g/mol. The number of methoxy groups -OCH3 is 1. The first-order chi connectivity index (χ1) is 8.11. The van der Waals surface area contributed by atoms with Crippen molar-refractivity contribution in [1.82, 2.24) is 5.32 Å². The number of carboxylic acid groups (broad SMARTS) is 1. The van der Waals surface area contributed by atoms with Crippen LogP contribution in [0.15, 0.2) is 18.2 Å². The van der Waals surface area contributed by atoms with Gasteiger partial charge in [-0.15, -0.1) is 11.8 Å². The van der Waals surface area contributed by atoms with Crippen LogP contribution in [0.1, 0.15) is 16.5 Å². The summed E-state index contributed by atoms with van der Waals surface area (Å²) in [6.07, 6.45) is 0. The average molecular weight is 253 g/mol. The first-order valence-electron chi connectivity index (χ1n) is 5.37. The molecule has 0 aromatic heterocycles. The van der Waals surface area contributed by atoms with Crippen LogP contribution in [0.2, 0.25) is 0 Å². The van der Waals surface area contributed by atoms with Crippen molar-refractivity contribution in [2.45, 2.75) is 18.3 Å². The summed E-state index contributed by atoms with van der Waals surface area (Å²) in [7, 11) is 1.64. The molecule has 0 radical (unpaired) electrons. The number of carbonyl (C=O) groups is 1. The third-order valence-corrected chi connectivity index (χ3v) is 4.08. The molecule has 4 nitrogen and oxygen atoms in total. The summed E-state index contributed by atoms with van der Waals surface area (Å²) in [5.41, 5.74) is 2.13. The van der Waals surface area contributed by atoms with Crippen LogP contribution in [0.4, 0.5) is 0 Å². The number of aryl methyl sites for hydroxylation is 1. The van der Waals surface area contributed by atoms with E-state index in [2.05, 4.69) is 5.32 Å². The van der Waals surface area contributed by atoms with Gasteiger partial charge in [-0.05, 0) is 24.1 Å². The Labute approximate surface area is 104 Å². The van der Waals surface area contributed by atoms with Crippen LogP contribution in [0, 0.1) is 6.92 Å². The zero-order chi connectivity index (χ0) is 12.4. The number of thioether (sulfide) groups is 1. The van der Waals surface area contributed by atoms with Crippen LogP contribution in [0.5, 0.6) is 5.75 Å². The van der Waals surface area contributed by atoms with Crippen molar-refractivity contribution in [3.05, 3.63) is 29.3 Å². The minimum atomic E-state index is -0.793. The van der Waals surface area contributed by atoms with Gasteiger partial charge < -0.3 is 9.84 Å². The summed E-state index contributed by atoms with van der Waals surface area (Å²) < 4.78 is 5.27. The highest BCUT2D eigenvalue weighted by Gasteiger charge is 2.30. The Morgan fingerprint density at radius 3 is 2.94 bits per heavy atom. The number of ether oxygens (including phenoxy) is 1. The molecule has 0 saturated carbocycles. The molecule has 0 aliphatic carbocycles. The molecule has 0 amide bonds. The summed E-state index contributed by atoms with van der Waals surface area (Å²) in [4.78, 5) is 10.9. The lowest BCUT2D eigenvalue weighted by Gasteiger charge is -2.13. The van der Waals surface area contributed by atoms with Crippen molar-refractivity contribution in [2.75, 3.05) is 12.9 Å². The quantitative estimate of drug-likeness (QED) is 0.860. The summed E-state index contributed by atoms with van der Waals surface area (Å²) >= 11 is 1.61. The molecule has 1 aliphatic rings. The van der Waals surface area contributed by atoms with E-state index < -0.39 is 12.0 Å². The molecule has 0 bridgehead atoms. The molecular formula is C12H15NO3S. The molecule has 2 N–H and O–H groups in total. The molecule has 2 rings (SSSR count). The molecule has 1 saturated heterocycles. The van der Waals surface area contributed by atoms with Crippen LogP contribution in [-0.2, 0) is 4.79 Å². The maximum absolute atomic E-state index is 10.9. The zero-order valence-corrected chi connectivity index (χ0v) is 10.6. The molecule has 0 unspecified atom stereocenters. The van der Waals surface area contributed by atoms with Gasteiger partial charge in [0.2, 0.25) is 0 Å². The SMILES string of the molecule is COc1cc([C@@H]2N[C@@H](C(=O)O)CS2)ccc1C. The molecule has 5 heteroatoms. The van der Waals surface area contributed by atoms with Gasteiger partial charge in [0.15, 0.2) is 0 Å². The van der Waals surface area contributed by atoms with E-state index in [0.717, 1.165) is 16.9 Å². The largest absolute Gasteiger partial charge is 0.496 e. The minimum Gasteiger partial charge on any atom is -0.496 e. The topological polar surface area (TPSA) is 58.6 Å². The first kappa shape index (κ1) is 12.3. The van der Waals surface area contributed by atoms with E-state index in [1.54, 1.807) is 18.9 Å². The molecule has 1 heterocycles. The molecule has 1 fully saturated rings. The van der Waals surface area contributed by atoms with Gasteiger partial charge in [-0.1, -0.05) is 12.1 Å². The summed E-state index contributed by atoms with van der Waals surface area (Å²) in [5.74, 6) is 0.638. The molecule has 1 aliphatic heterocycles. The minimum absolute atomic E-state index is 0.0330. The van der Waals surface area contributed by atoms with Gasteiger partial charge in [0.05, 0.1) is 12.5 Å². The van der Waals surface area contributed by atoms with Crippen molar-refractivity contribution in [3.8, 4) is 5.75 Å². The maximum atomic E-state index is 10.9. The van der Waals surface area contributed by atoms with Crippen LogP contribution < -0.4 is 10.1 Å². The highest BCUT2D eigenvalue weighted by molar-refractivity contribution is 7.99. The van der Waals surface area contributed by atoms with E-state index in [1.807, 2.05) is 25.1 Å². The Bertz CT molecular complexity index is 436. The summed E-state index contributed by atoms with van der Waals surface area (Å²) in [5, 5.41) is 12.0. The Morgan fingerprint density at radius 2 is 2.35 bits per heavy atom. The van der Waals surface area contributed by atoms with E-state index in [0.29, 0.717) is 5.75 Å². The lowest BCUT2D eigenvalue weighted by Crippen LogP contribution is -2.33. The molecule has 17 heavy (non-hydrogen) atoms. The van der Waals surface area contributed by atoms with Crippen molar-refractivity contribution < 1.29 is 14.6 Å². The van der Waals surface area contributed by atoms with Gasteiger partial charge >= 0.3 is 5.97 Å². The fraction of sp³-hybridized carbons (Fsp3) is 0.417. The molecule has 0 spiro atoms. The Morgan fingerprint density at radius 1 is 1.59 bits per heavy atom. The molecule has 92 valence electrons. The van der Waals surface area contributed by atoms with E-state index in [4.69, 9.17) is 9.84 Å². The van der Waals surface area contributed by atoms with Crippen LogP contribution in [0.3, 0.4) is 0 Å². The van der Waals surface area contributed by atoms with E-state index in [-0.39, 0.29) is 5.37 Å². The van der Waals surface area contributed by atoms with Gasteiger partial charge in [0.1, 0.15) is 11.8 Å². The highest BCUT2D eigenvalue weighted by Crippen LogP contribution is 2.35. The fourth-order valence-corrected chi connectivity index (χ4v) is 3.03. The standard InChI is InChI=1S/C12H15NO3S/c1-7-3-4-8(5-10(7)16-2)11-13-9(6-17-11)12(14)15/h3-5,9,11,13H,6H2,1-2H3,(H,14,15)/t9-,11-/m1/s1. The van der Waals surface area contributed by atoms with E-state index in [9.17, 15) is 4.79 Å². The van der Waals surface area contributed by atoms with Crippen molar-refractivity contribution in [3.63, 3.8) is 0 Å². The van der Waals surface area contributed by atoms with Gasteiger partial charge in [-0.25, -0.2) is 0 Å². The lowest BCUT2D eigenvalue weighted by molar-refractivity contribution is -0.138. The third-order valence-electron chi connectivity index (χ3n) is 2.82. The number of benzene rings is 1. The Kier molecular flexibility index (Phi) is 3.59. The van der Waals surface area contributed by atoms with Gasteiger partial charge in [0.25, 0.3) is 0 Å². The summed E-state index contributed by atoms with van der Waals surface area (Å²) in [6.45, 7) is 1.98. The number of hydrogen-bond acceptors (Lipinski definition) is 4. The van der Waals surface area contributed by atoms with Gasteiger partial charge in [-0.2, -0.15) is 0 Å². The summed E-state index contributed by atoms with van der Waals surface area (Å²) in [6, 6.07) is 5.50. The van der Waals surface area contributed by atoms with E-state index >= 15 is 0 Å². The second-order valence-electron chi connectivity index (χ2n) is 4.00. The van der Waals surface area contributed by atoms with Gasteiger partial charge in [-0.3, -0.25) is 10.1 Å². The highest BCUT2D eigenvalue weighted by atomic mass is 32.2. The second-order valence-corrected chi connectivity index (χ2v) is 5.14. The second kappa shape index (κ2) is 4.98. The van der Waals surface area contributed by atoms with Crippen molar-refractivity contribution >= 4 is 17.7 Å². The first-order valence-corrected chi connectivity index (χ1v) is 6.41. The van der Waals surface area contributed by atoms with Gasteiger partial charge in [0, 0.05) is 5.75 Å². The third kappa shape index (κ3) is 2.56. The number of aliphatic carboxylic acids is 1. The number of hydrogen-bond donors (Lipinski definition) is 2.